The lowest BCUT2D eigenvalue weighted by Crippen LogP contribution is -2.31. The van der Waals surface area contributed by atoms with Crippen LogP contribution in [0.5, 0.6) is 5.75 Å². The molecule has 0 aliphatic carbocycles. The van der Waals surface area contributed by atoms with Gasteiger partial charge in [0, 0.05) is 19.6 Å². The number of nitrogens with one attached hydrogen (secondary N) is 1. The third-order valence-corrected chi connectivity index (χ3v) is 5.43. The zero-order valence-electron chi connectivity index (χ0n) is 13.9. The molecule has 0 aromatic heterocycles. The molecule has 2 N–H and O–H groups in total. The molecule has 0 fully saturated rings. The van der Waals surface area contributed by atoms with Crippen molar-refractivity contribution < 1.29 is 27.9 Å². The van der Waals surface area contributed by atoms with Crippen LogP contribution in [0.15, 0.2) is 23.1 Å². The highest BCUT2D eigenvalue weighted by Crippen LogP contribution is 2.24. The number of aliphatic carboxylic acids is 1. The van der Waals surface area contributed by atoms with Crippen molar-refractivity contribution in [2.45, 2.75) is 25.2 Å². The normalized spacial score (nSPS) is 11.3. The highest BCUT2D eigenvalue weighted by Gasteiger charge is 2.24. The molecule has 1 rings (SSSR count). The van der Waals surface area contributed by atoms with E-state index in [1.165, 1.54) is 29.6 Å². The molecule has 0 heterocycles. The summed E-state index contributed by atoms with van der Waals surface area (Å²) in [6.45, 7) is 4.01. The summed E-state index contributed by atoms with van der Waals surface area (Å²) in [7, 11) is -2.35. The standard InChI is InChI=1S/C15H22N2O6S/c1-4-17(5-2)24(21,22)11-6-7-13(23-3)12(10-11)15(20)16-9-8-14(18)19/h6-7,10H,4-5,8-9H2,1-3H3,(H,16,20)(H,18,19). The van der Waals surface area contributed by atoms with Gasteiger partial charge in [-0.3, -0.25) is 9.59 Å². The zero-order valence-corrected chi connectivity index (χ0v) is 14.7. The molecule has 0 bridgehead atoms. The highest BCUT2D eigenvalue weighted by molar-refractivity contribution is 7.89. The van der Waals surface area contributed by atoms with E-state index < -0.39 is 21.9 Å². The van der Waals surface area contributed by atoms with Crippen LogP contribution in [0.25, 0.3) is 0 Å². The first-order valence-electron chi connectivity index (χ1n) is 7.46. The van der Waals surface area contributed by atoms with E-state index in [1.807, 2.05) is 0 Å². The number of hydrogen-bond acceptors (Lipinski definition) is 5. The Bertz CT molecular complexity index is 698. The van der Waals surface area contributed by atoms with Crippen LogP contribution >= 0.6 is 0 Å². The van der Waals surface area contributed by atoms with Crippen LogP contribution < -0.4 is 10.1 Å². The largest absolute Gasteiger partial charge is 0.496 e. The minimum absolute atomic E-state index is 0.0182. The van der Waals surface area contributed by atoms with Crippen molar-refractivity contribution in [3.8, 4) is 5.75 Å². The van der Waals surface area contributed by atoms with Gasteiger partial charge in [0.25, 0.3) is 5.91 Å². The van der Waals surface area contributed by atoms with Crippen molar-refractivity contribution in [3.05, 3.63) is 23.8 Å². The predicted molar refractivity (Wildman–Crippen MR) is 87.7 cm³/mol. The Morgan fingerprint density at radius 2 is 1.88 bits per heavy atom. The molecule has 24 heavy (non-hydrogen) atoms. The Morgan fingerprint density at radius 1 is 1.25 bits per heavy atom. The average Bonchev–Trinajstić information content (AvgIpc) is 2.54. The number of amides is 1. The lowest BCUT2D eigenvalue weighted by Gasteiger charge is -2.19. The molecule has 0 aliphatic rings. The first-order chi connectivity index (χ1) is 11.3. The van der Waals surface area contributed by atoms with Gasteiger partial charge in [-0.25, -0.2) is 8.42 Å². The molecule has 0 radical (unpaired) electrons. The minimum atomic E-state index is -3.71. The summed E-state index contributed by atoms with van der Waals surface area (Å²) in [6.07, 6.45) is -0.231. The number of benzene rings is 1. The molecule has 0 unspecified atom stereocenters. The first-order valence-corrected chi connectivity index (χ1v) is 8.90. The van der Waals surface area contributed by atoms with E-state index >= 15 is 0 Å². The van der Waals surface area contributed by atoms with Gasteiger partial charge in [0.05, 0.1) is 24.0 Å². The summed E-state index contributed by atoms with van der Waals surface area (Å²) in [5.41, 5.74) is 0.0381. The van der Waals surface area contributed by atoms with Crippen LogP contribution in [0, 0.1) is 0 Å². The third-order valence-electron chi connectivity index (χ3n) is 3.38. The Morgan fingerprint density at radius 3 is 2.38 bits per heavy atom. The average molecular weight is 358 g/mol. The molecule has 0 saturated heterocycles. The van der Waals surface area contributed by atoms with Crippen LogP contribution in [0.2, 0.25) is 0 Å². The monoisotopic (exact) mass is 358 g/mol. The van der Waals surface area contributed by atoms with Crippen LogP contribution in [-0.2, 0) is 14.8 Å². The number of sulfonamides is 1. The highest BCUT2D eigenvalue weighted by atomic mass is 32.2. The van der Waals surface area contributed by atoms with Gasteiger partial charge in [-0.1, -0.05) is 13.8 Å². The fourth-order valence-corrected chi connectivity index (χ4v) is 3.60. The molecule has 1 aromatic rings. The van der Waals surface area contributed by atoms with Crippen molar-refractivity contribution in [1.29, 1.82) is 0 Å². The van der Waals surface area contributed by atoms with E-state index in [9.17, 15) is 18.0 Å². The van der Waals surface area contributed by atoms with E-state index in [2.05, 4.69) is 5.32 Å². The fraction of sp³-hybridized carbons (Fsp3) is 0.467. The van der Waals surface area contributed by atoms with Gasteiger partial charge in [0.1, 0.15) is 5.75 Å². The number of carbonyl (C=O) groups excluding carboxylic acids is 1. The van der Waals surface area contributed by atoms with Crippen molar-refractivity contribution in [2.75, 3.05) is 26.7 Å². The maximum absolute atomic E-state index is 12.5. The van der Waals surface area contributed by atoms with Gasteiger partial charge in [0.15, 0.2) is 0 Å². The number of carboxylic acid groups (broad SMARTS) is 1. The van der Waals surface area contributed by atoms with E-state index in [1.54, 1.807) is 13.8 Å². The SMILES string of the molecule is CCN(CC)S(=O)(=O)c1ccc(OC)c(C(=O)NCCC(=O)O)c1. The minimum Gasteiger partial charge on any atom is -0.496 e. The van der Waals surface area contributed by atoms with E-state index in [0.29, 0.717) is 13.1 Å². The van der Waals surface area contributed by atoms with Gasteiger partial charge in [0.2, 0.25) is 10.0 Å². The summed E-state index contributed by atoms with van der Waals surface area (Å²) in [5, 5.41) is 11.0. The molecule has 0 saturated carbocycles. The number of nitrogens with zero attached hydrogens (tertiary/aromatic N) is 1. The smallest absolute Gasteiger partial charge is 0.305 e. The van der Waals surface area contributed by atoms with Crippen LogP contribution in [0.4, 0.5) is 0 Å². The zero-order chi connectivity index (χ0) is 18.3. The molecule has 8 nitrogen and oxygen atoms in total. The Labute approximate surface area is 141 Å². The maximum Gasteiger partial charge on any atom is 0.305 e. The second-order valence-electron chi connectivity index (χ2n) is 4.85. The van der Waals surface area contributed by atoms with Crippen LogP contribution in [0.1, 0.15) is 30.6 Å². The predicted octanol–water partition coefficient (Wildman–Crippen LogP) is 0.930. The molecule has 0 aliphatic heterocycles. The number of hydrogen-bond donors (Lipinski definition) is 2. The molecular weight excluding hydrogens is 336 g/mol. The summed E-state index contributed by atoms with van der Waals surface area (Å²) < 4.78 is 31.5. The fourth-order valence-electron chi connectivity index (χ4n) is 2.12. The van der Waals surface area contributed by atoms with Gasteiger partial charge in [-0.15, -0.1) is 0 Å². The maximum atomic E-state index is 12.5. The van der Waals surface area contributed by atoms with Crippen molar-refractivity contribution in [3.63, 3.8) is 0 Å². The van der Waals surface area contributed by atoms with Crippen molar-refractivity contribution in [1.82, 2.24) is 9.62 Å². The van der Waals surface area contributed by atoms with Gasteiger partial charge in [-0.05, 0) is 18.2 Å². The lowest BCUT2D eigenvalue weighted by atomic mass is 10.2. The topological polar surface area (TPSA) is 113 Å². The Balaban J connectivity index is 3.16. The van der Waals surface area contributed by atoms with Crippen LogP contribution in [0.3, 0.4) is 0 Å². The van der Waals surface area contributed by atoms with Gasteiger partial charge in [-0.2, -0.15) is 4.31 Å². The molecule has 0 atom stereocenters. The second kappa shape index (κ2) is 8.65. The van der Waals surface area contributed by atoms with Crippen molar-refractivity contribution >= 4 is 21.9 Å². The molecular formula is C15H22N2O6S. The van der Waals surface area contributed by atoms with Gasteiger partial charge >= 0.3 is 5.97 Å². The molecule has 1 aromatic carbocycles. The number of methoxy groups -OCH3 is 1. The number of rotatable bonds is 9. The summed E-state index contributed by atoms with van der Waals surface area (Å²) in [5.74, 6) is -1.42. The third kappa shape index (κ3) is 4.68. The Hall–Kier alpha value is -2.13. The summed E-state index contributed by atoms with van der Waals surface area (Å²) >= 11 is 0. The molecule has 9 heteroatoms. The van der Waals surface area contributed by atoms with Crippen LogP contribution in [-0.4, -0.2) is 56.5 Å². The first kappa shape index (κ1) is 19.9. The van der Waals surface area contributed by atoms with E-state index in [4.69, 9.17) is 9.84 Å². The molecule has 134 valence electrons. The quantitative estimate of drug-likeness (QED) is 0.679. The lowest BCUT2D eigenvalue weighted by molar-refractivity contribution is -0.136. The van der Waals surface area contributed by atoms with E-state index in [-0.39, 0.29) is 29.2 Å². The Kier molecular flexibility index (Phi) is 7.18. The second-order valence-corrected chi connectivity index (χ2v) is 6.79. The van der Waals surface area contributed by atoms with E-state index in [0.717, 1.165) is 0 Å². The molecule has 1 amide bonds. The summed E-state index contributed by atoms with van der Waals surface area (Å²) in [6, 6.07) is 4.02. The number of carbonyl (C=O) groups is 2. The number of carboxylic acids is 1. The summed E-state index contributed by atoms with van der Waals surface area (Å²) in [4.78, 5) is 22.7. The van der Waals surface area contributed by atoms with Gasteiger partial charge < -0.3 is 15.2 Å². The number of ether oxygens (including phenoxy) is 1. The van der Waals surface area contributed by atoms with Crippen molar-refractivity contribution in [2.24, 2.45) is 0 Å². The molecule has 0 spiro atoms.